The van der Waals surface area contributed by atoms with Gasteiger partial charge in [0.2, 0.25) is 5.91 Å². The number of ether oxygens (including phenoxy) is 1. The fourth-order valence-electron chi connectivity index (χ4n) is 4.92. The van der Waals surface area contributed by atoms with Gasteiger partial charge in [-0.3, -0.25) is 19.8 Å². The molecule has 0 N–H and O–H groups in total. The highest BCUT2D eigenvalue weighted by Crippen LogP contribution is 2.37. The number of amides is 1. The van der Waals surface area contributed by atoms with E-state index in [1.54, 1.807) is 17.0 Å². The minimum absolute atomic E-state index is 0.0477. The van der Waals surface area contributed by atoms with Crippen LogP contribution in [0.15, 0.2) is 41.6 Å². The van der Waals surface area contributed by atoms with Crippen LogP contribution in [-0.2, 0) is 9.53 Å². The second kappa shape index (κ2) is 11.6. The number of anilines is 1. The predicted octanol–water partition coefficient (Wildman–Crippen LogP) is 4.54. The number of likely N-dealkylation sites (tertiary alicyclic amines) is 1. The van der Waals surface area contributed by atoms with Gasteiger partial charge >= 0.3 is 6.18 Å². The Morgan fingerprint density at radius 1 is 1.08 bits per heavy atom. The van der Waals surface area contributed by atoms with Crippen molar-refractivity contribution in [3.05, 3.63) is 61.8 Å². The van der Waals surface area contributed by atoms with Gasteiger partial charge in [0.05, 0.1) is 21.1 Å². The summed E-state index contributed by atoms with van der Waals surface area (Å²) in [5.41, 5.74) is -1.05. The molecule has 0 radical (unpaired) electrons. The first-order chi connectivity index (χ1) is 17.5. The smallest absolute Gasteiger partial charge is 0.368 e. The van der Waals surface area contributed by atoms with Crippen molar-refractivity contribution in [2.24, 2.45) is 0 Å². The van der Waals surface area contributed by atoms with Crippen molar-refractivity contribution in [2.45, 2.75) is 37.6 Å². The minimum atomic E-state index is -4.75. The van der Waals surface area contributed by atoms with Crippen molar-refractivity contribution in [1.29, 1.82) is 0 Å². The number of alkyl halides is 3. The lowest BCUT2D eigenvalue weighted by Crippen LogP contribution is -2.50. The lowest BCUT2D eigenvalue weighted by Gasteiger charge is -2.38. The van der Waals surface area contributed by atoms with Crippen molar-refractivity contribution >= 4 is 34.8 Å². The quantitative estimate of drug-likeness (QED) is 0.374. The van der Waals surface area contributed by atoms with Gasteiger partial charge in [0.15, 0.2) is 0 Å². The summed E-state index contributed by atoms with van der Waals surface area (Å²) in [6, 6.07) is 4.89. The molecule has 2 aliphatic heterocycles. The number of carbonyl (C=O) groups is 1. The largest absolute Gasteiger partial charge is 0.419 e. The monoisotopic (exact) mass is 562 g/mol. The van der Waals surface area contributed by atoms with E-state index in [0.717, 1.165) is 11.8 Å². The van der Waals surface area contributed by atoms with Gasteiger partial charge in [-0.2, -0.15) is 13.2 Å². The summed E-state index contributed by atoms with van der Waals surface area (Å²) in [6.07, 6.45) is -1.81. The molecule has 0 aromatic heterocycles. The van der Waals surface area contributed by atoms with Crippen LogP contribution in [0, 0.1) is 10.1 Å². The number of hydrogen-bond donors (Lipinski definition) is 0. The fraction of sp³-hybridized carbons (Fsp3) is 0.542. The van der Waals surface area contributed by atoms with Gasteiger partial charge in [0.1, 0.15) is 12.2 Å². The molecular weight excluding hydrogens is 536 g/mol. The number of carbonyl (C=O) groups excluding carboxylic acids is 1. The van der Waals surface area contributed by atoms with Crippen molar-refractivity contribution in [3.8, 4) is 0 Å². The molecule has 0 bridgehead atoms. The molecular formula is C24H27Cl2F3N4O4. The van der Waals surface area contributed by atoms with Crippen LogP contribution in [0.2, 0.25) is 10.0 Å². The van der Waals surface area contributed by atoms with E-state index in [0.29, 0.717) is 62.2 Å². The minimum Gasteiger partial charge on any atom is -0.368 e. The van der Waals surface area contributed by atoms with Crippen LogP contribution in [0.4, 0.5) is 18.9 Å². The molecule has 1 aliphatic carbocycles. The predicted molar refractivity (Wildman–Crippen MR) is 133 cm³/mol. The number of nitro groups is 1. The second-order valence-electron chi connectivity index (χ2n) is 9.26. The number of rotatable bonds is 6. The Balaban J connectivity index is 1.20. The van der Waals surface area contributed by atoms with Crippen molar-refractivity contribution in [3.63, 3.8) is 0 Å². The Labute approximate surface area is 222 Å². The van der Waals surface area contributed by atoms with E-state index in [2.05, 4.69) is 4.90 Å². The zero-order valence-corrected chi connectivity index (χ0v) is 21.4. The molecule has 1 amide bonds. The van der Waals surface area contributed by atoms with E-state index in [4.69, 9.17) is 27.9 Å². The van der Waals surface area contributed by atoms with Crippen LogP contribution in [0.3, 0.4) is 0 Å². The second-order valence-corrected chi connectivity index (χ2v) is 10.1. The normalized spacial score (nSPS) is 22.0. The molecule has 1 aromatic rings. The lowest BCUT2D eigenvalue weighted by molar-refractivity contribution is -0.422. The summed E-state index contributed by atoms with van der Waals surface area (Å²) in [5.74, 6) is -0.0984. The first-order valence-corrected chi connectivity index (χ1v) is 12.7. The SMILES string of the molecule is O=C(COC1CCN(C2C=CC([N+](=O)[O-])=C(C(F)(F)F)C2)CC1)N1CCN(c2ccc(Cl)c(Cl)c2)CC1. The summed E-state index contributed by atoms with van der Waals surface area (Å²) < 4.78 is 45.9. The first kappa shape index (κ1) is 27.7. The molecule has 37 heavy (non-hydrogen) atoms. The average molecular weight is 563 g/mol. The average Bonchev–Trinajstić information content (AvgIpc) is 2.88. The summed E-state index contributed by atoms with van der Waals surface area (Å²) >= 11 is 12.1. The van der Waals surface area contributed by atoms with Crippen LogP contribution in [-0.4, -0.2) is 84.8 Å². The Hall–Kier alpha value is -2.34. The number of hydrogen-bond acceptors (Lipinski definition) is 6. The number of nitrogens with zero attached hydrogens (tertiary/aromatic N) is 4. The van der Waals surface area contributed by atoms with E-state index in [1.165, 1.54) is 6.08 Å². The van der Waals surface area contributed by atoms with Crippen LogP contribution < -0.4 is 4.90 Å². The van der Waals surface area contributed by atoms with Gasteiger partial charge in [-0.1, -0.05) is 29.3 Å². The van der Waals surface area contributed by atoms with Crippen molar-refractivity contribution in [2.75, 3.05) is 50.8 Å². The zero-order valence-electron chi connectivity index (χ0n) is 19.9. The highest BCUT2D eigenvalue weighted by molar-refractivity contribution is 6.42. The van der Waals surface area contributed by atoms with E-state index >= 15 is 0 Å². The Morgan fingerprint density at radius 2 is 1.76 bits per heavy atom. The van der Waals surface area contributed by atoms with Crippen molar-refractivity contribution < 1.29 is 27.6 Å². The highest BCUT2D eigenvalue weighted by atomic mass is 35.5. The Kier molecular flexibility index (Phi) is 8.67. The third kappa shape index (κ3) is 6.76. The van der Waals surface area contributed by atoms with E-state index in [-0.39, 0.29) is 18.6 Å². The molecule has 1 aromatic carbocycles. The maximum Gasteiger partial charge on any atom is 0.419 e. The topological polar surface area (TPSA) is 79.2 Å². The summed E-state index contributed by atoms with van der Waals surface area (Å²) in [4.78, 5) is 28.5. The van der Waals surface area contributed by atoms with Gasteiger partial charge in [-0.25, -0.2) is 0 Å². The number of piperazine rings is 1. The summed E-state index contributed by atoms with van der Waals surface area (Å²) in [6.45, 7) is 3.33. The molecule has 2 heterocycles. The van der Waals surface area contributed by atoms with Gasteiger partial charge in [-0.15, -0.1) is 0 Å². The maximum absolute atomic E-state index is 13.3. The molecule has 8 nitrogen and oxygen atoms in total. The van der Waals surface area contributed by atoms with Gasteiger partial charge < -0.3 is 14.5 Å². The number of piperidine rings is 1. The molecule has 3 aliphatic rings. The number of benzene rings is 1. The molecule has 4 rings (SSSR count). The number of allylic oxidation sites excluding steroid dienone is 1. The maximum atomic E-state index is 13.3. The molecule has 0 saturated carbocycles. The fourth-order valence-corrected chi connectivity index (χ4v) is 5.21. The van der Waals surface area contributed by atoms with Gasteiger partial charge in [0.25, 0.3) is 5.70 Å². The van der Waals surface area contributed by atoms with Gasteiger partial charge in [0, 0.05) is 63.5 Å². The van der Waals surface area contributed by atoms with E-state index in [9.17, 15) is 28.1 Å². The standard InChI is InChI=1S/C24H27Cl2F3N4O4/c25-20-3-1-17(14-21(20)26)31-9-11-32(12-10-31)23(34)15-37-18-5-7-30(8-6-18)16-2-4-22(33(35)36)19(13-16)24(27,28)29/h1-4,14,16,18H,5-13,15H2. The van der Waals surface area contributed by atoms with Gasteiger partial charge in [-0.05, 0) is 31.0 Å². The summed E-state index contributed by atoms with van der Waals surface area (Å²) in [7, 11) is 0. The molecule has 1 unspecified atom stereocenters. The third-order valence-electron chi connectivity index (χ3n) is 7.03. The Bertz CT molecular complexity index is 1080. The first-order valence-electron chi connectivity index (χ1n) is 12.0. The molecule has 0 spiro atoms. The molecule has 2 fully saturated rings. The van der Waals surface area contributed by atoms with Crippen LogP contribution in [0.5, 0.6) is 0 Å². The van der Waals surface area contributed by atoms with Crippen LogP contribution >= 0.6 is 23.2 Å². The third-order valence-corrected chi connectivity index (χ3v) is 7.77. The summed E-state index contributed by atoms with van der Waals surface area (Å²) in [5, 5.41) is 12.0. The van der Waals surface area contributed by atoms with Crippen LogP contribution in [0.25, 0.3) is 0 Å². The zero-order chi connectivity index (χ0) is 26.7. The Morgan fingerprint density at radius 3 is 2.35 bits per heavy atom. The molecule has 1 atom stereocenters. The molecule has 13 heteroatoms. The van der Waals surface area contributed by atoms with E-state index in [1.807, 2.05) is 11.0 Å². The van der Waals surface area contributed by atoms with Crippen molar-refractivity contribution in [1.82, 2.24) is 9.80 Å². The molecule has 2 saturated heterocycles. The lowest BCUT2D eigenvalue weighted by atomic mass is 9.94. The number of halogens is 5. The van der Waals surface area contributed by atoms with E-state index < -0.39 is 34.8 Å². The molecule has 202 valence electrons. The van der Waals surface area contributed by atoms with Crippen LogP contribution in [0.1, 0.15) is 19.3 Å². The highest BCUT2D eigenvalue weighted by Gasteiger charge is 2.44.